The number of likely N-dealkylation sites (tertiary alicyclic amines) is 1. The van der Waals surface area contributed by atoms with Crippen LogP contribution in [0.4, 0.5) is 0 Å². The maximum atomic E-state index is 6.35. The molecule has 1 aromatic carbocycles. The van der Waals surface area contributed by atoms with E-state index in [-0.39, 0.29) is 12.1 Å². The van der Waals surface area contributed by atoms with Crippen LogP contribution in [0.5, 0.6) is 0 Å². The second kappa shape index (κ2) is 6.25. The van der Waals surface area contributed by atoms with Crippen LogP contribution in [0.1, 0.15) is 37.8 Å². The fraction of sp³-hybridized carbons (Fsp3) is 0.571. The number of halogens is 2. The van der Waals surface area contributed by atoms with E-state index < -0.39 is 0 Å². The minimum Gasteiger partial charge on any atom is -0.326 e. The lowest BCUT2D eigenvalue weighted by atomic mass is 9.96. The van der Waals surface area contributed by atoms with Crippen LogP contribution in [0, 0.1) is 0 Å². The van der Waals surface area contributed by atoms with Crippen LogP contribution in [0.15, 0.2) is 18.2 Å². The monoisotopic (exact) mass is 286 g/mol. The average Bonchev–Trinajstić information content (AvgIpc) is 2.51. The highest BCUT2D eigenvalue weighted by molar-refractivity contribution is 6.35. The molecule has 0 aliphatic carbocycles. The molecule has 2 rings (SSSR count). The Morgan fingerprint density at radius 2 is 2.11 bits per heavy atom. The summed E-state index contributed by atoms with van der Waals surface area (Å²) in [6.45, 7) is 4.26. The van der Waals surface area contributed by atoms with Gasteiger partial charge in [0.05, 0.1) is 6.04 Å². The van der Waals surface area contributed by atoms with E-state index in [4.69, 9.17) is 28.9 Å². The van der Waals surface area contributed by atoms with Gasteiger partial charge < -0.3 is 5.73 Å². The van der Waals surface area contributed by atoms with E-state index in [0.29, 0.717) is 5.02 Å². The Labute approximate surface area is 119 Å². The van der Waals surface area contributed by atoms with E-state index in [0.717, 1.165) is 30.1 Å². The molecule has 100 valence electrons. The van der Waals surface area contributed by atoms with Gasteiger partial charge in [-0.3, -0.25) is 4.90 Å². The number of likely N-dealkylation sites (N-methyl/N-ethyl adjacent to an activating group) is 1. The molecule has 0 amide bonds. The average molecular weight is 287 g/mol. The molecule has 0 radical (unpaired) electrons. The molecule has 2 unspecified atom stereocenters. The normalized spacial score (nSPS) is 26.0. The summed E-state index contributed by atoms with van der Waals surface area (Å²) in [6.07, 6.45) is 3.46. The third-order valence-corrected chi connectivity index (χ3v) is 4.28. The van der Waals surface area contributed by atoms with E-state index in [9.17, 15) is 0 Å². The molecule has 2 atom stereocenters. The minimum absolute atomic E-state index is 0.145. The molecule has 0 spiro atoms. The molecule has 18 heavy (non-hydrogen) atoms. The predicted octanol–water partition coefficient (Wildman–Crippen LogP) is 3.87. The second-order valence-corrected chi connectivity index (χ2v) is 5.74. The van der Waals surface area contributed by atoms with Gasteiger partial charge in [-0.05, 0) is 43.6 Å². The van der Waals surface area contributed by atoms with Crippen molar-refractivity contribution in [2.75, 3.05) is 13.1 Å². The van der Waals surface area contributed by atoms with Crippen molar-refractivity contribution in [1.29, 1.82) is 0 Å². The molecule has 4 heteroatoms. The Balaban J connectivity index is 2.36. The zero-order valence-electron chi connectivity index (χ0n) is 10.7. The van der Waals surface area contributed by atoms with Crippen molar-refractivity contribution in [2.45, 2.75) is 38.3 Å². The Bertz CT molecular complexity index is 409. The number of benzene rings is 1. The van der Waals surface area contributed by atoms with Gasteiger partial charge in [-0.25, -0.2) is 0 Å². The molecular weight excluding hydrogens is 267 g/mol. The second-order valence-electron chi connectivity index (χ2n) is 4.90. The first-order chi connectivity index (χ1) is 8.63. The van der Waals surface area contributed by atoms with E-state index in [1.54, 1.807) is 0 Å². The number of rotatable bonds is 2. The maximum absolute atomic E-state index is 6.35. The third kappa shape index (κ3) is 3.00. The maximum Gasteiger partial charge on any atom is 0.0513 e. The molecule has 1 saturated heterocycles. The van der Waals surface area contributed by atoms with Crippen molar-refractivity contribution in [3.05, 3.63) is 33.8 Å². The summed E-state index contributed by atoms with van der Waals surface area (Å²) in [5, 5.41) is 1.40. The van der Waals surface area contributed by atoms with Gasteiger partial charge in [-0.2, -0.15) is 0 Å². The van der Waals surface area contributed by atoms with Crippen LogP contribution >= 0.6 is 23.2 Å². The van der Waals surface area contributed by atoms with Gasteiger partial charge in [0.25, 0.3) is 0 Å². The molecule has 2 N–H and O–H groups in total. The largest absolute Gasteiger partial charge is 0.326 e. The molecule has 1 aromatic rings. The Kier molecular flexibility index (Phi) is 4.91. The van der Waals surface area contributed by atoms with Crippen molar-refractivity contribution in [1.82, 2.24) is 4.90 Å². The Morgan fingerprint density at radius 3 is 2.78 bits per heavy atom. The van der Waals surface area contributed by atoms with Gasteiger partial charge in [-0.1, -0.05) is 42.6 Å². The predicted molar refractivity (Wildman–Crippen MR) is 78.3 cm³/mol. The van der Waals surface area contributed by atoms with Crippen molar-refractivity contribution < 1.29 is 0 Å². The molecule has 0 bridgehead atoms. The lowest BCUT2D eigenvalue weighted by Crippen LogP contribution is -2.39. The molecule has 1 fully saturated rings. The van der Waals surface area contributed by atoms with E-state index >= 15 is 0 Å². The minimum atomic E-state index is 0.145. The molecule has 1 aliphatic heterocycles. The zero-order valence-corrected chi connectivity index (χ0v) is 12.2. The molecular formula is C14H20Cl2N2. The molecule has 1 heterocycles. The smallest absolute Gasteiger partial charge is 0.0513 e. The van der Waals surface area contributed by atoms with Gasteiger partial charge in [0.15, 0.2) is 0 Å². The van der Waals surface area contributed by atoms with Crippen LogP contribution in [-0.4, -0.2) is 24.0 Å². The first-order valence-corrected chi connectivity index (χ1v) is 7.33. The van der Waals surface area contributed by atoms with Gasteiger partial charge in [0, 0.05) is 16.1 Å². The molecule has 0 saturated carbocycles. The Hall–Kier alpha value is -0.280. The molecule has 0 aromatic heterocycles. The summed E-state index contributed by atoms with van der Waals surface area (Å²) in [4.78, 5) is 2.42. The van der Waals surface area contributed by atoms with Crippen LogP contribution in [0.2, 0.25) is 10.0 Å². The number of nitrogens with zero attached hydrogens (tertiary/aromatic N) is 1. The van der Waals surface area contributed by atoms with Crippen LogP contribution in [0.3, 0.4) is 0 Å². The van der Waals surface area contributed by atoms with Gasteiger partial charge in [0.2, 0.25) is 0 Å². The van der Waals surface area contributed by atoms with Crippen molar-refractivity contribution in [2.24, 2.45) is 5.73 Å². The zero-order chi connectivity index (χ0) is 13.1. The number of hydrogen-bond acceptors (Lipinski definition) is 2. The lowest BCUT2D eigenvalue weighted by molar-refractivity contribution is 0.195. The highest BCUT2D eigenvalue weighted by Gasteiger charge is 2.29. The summed E-state index contributed by atoms with van der Waals surface area (Å²) < 4.78 is 0. The van der Waals surface area contributed by atoms with E-state index in [1.165, 1.54) is 12.8 Å². The lowest BCUT2D eigenvalue weighted by Gasteiger charge is -2.33. The van der Waals surface area contributed by atoms with Crippen LogP contribution < -0.4 is 5.73 Å². The number of hydrogen-bond donors (Lipinski definition) is 1. The van der Waals surface area contributed by atoms with Gasteiger partial charge in [0.1, 0.15) is 0 Å². The van der Waals surface area contributed by atoms with Crippen LogP contribution in [0.25, 0.3) is 0 Å². The highest BCUT2D eigenvalue weighted by atomic mass is 35.5. The summed E-state index contributed by atoms with van der Waals surface area (Å²) in [6, 6.07) is 6.08. The fourth-order valence-electron chi connectivity index (χ4n) is 2.79. The van der Waals surface area contributed by atoms with Crippen molar-refractivity contribution in [3.8, 4) is 0 Å². The fourth-order valence-corrected chi connectivity index (χ4v) is 3.31. The van der Waals surface area contributed by atoms with Crippen LogP contribution in [-0.2, 0) is 0 Å². The number of nitrogens with two attached hydrogens (primary N) is 1. The Morgan fingerprint density at radius 1 is 1.33 bits per heavy atom. The molecule has 2 nitrogen and oxygen atoms in total. The molecule has 1 aliphatic rings. The standard InChI is InChI=1S/C14H20Cl2N2/c1-2-18-8-4-3-5-13(17)14(18)11-7-6-10(15)9-12(11)16/h6-7,9,13-14H,2-5,8,17H2,1H3. The van der Waals surface area contributed by atoms with Gasteiger partial charge >= 0.3 is 0 Å². The van der Waals surface area contributed by atoms with Gasteiger partial charge in [-0.15, -0.1) is 0 Å². The van der Waals surface area contributed by atoms with E-state index in [2.05, 4.69) is 11.8 Å². The first kappa shape index (κ1) is 14.1. The SMILES string of the molecule is CCN1CCCCC(N)C1c1ccc(Cl)cc1Cl. The van der Waals surface area contributed by atoms with E-state index in [1.807, 2.05) is 18.2 Å². The third-order valence-electron chi connectivity index (χ3n) is 3.72. The quantitative estimate of drug-likeness (QED) is 0.894. The summed E-state index contributed by atoms with van der Waals surface area (Å²) in [5.41, 5.74) is 7.46. The first-order valence-electron chi connectivity index (χ1n) is 6.58. The highest BCUT2D eigenvalue weighted by Crippen LogP contribution is 2.34. The summed E-state index contributed by atoms with van der Waals surface area (Å²) >= 11 is 12.3. The van der Waals surface area contributed by atoms with Crippen molar-refractivity contribution in [3.63, 3.8) is 0 Å². The summed E-state index contributed by atoms with van der Waals surface area (Å²) in [5.74, 6) is 0. The van der Waals surface area contributed by atoms with Crippen molar-refractivity contribution >= 4 is 23.2 Å². The topological polar surface area (TPSA) is 29.3 Å². The summed E-state index contributed by atoms with van der Waals surface area (Å²) in [7, 11) is 0.